The molecule has 0 unspecified atom stereocenters. The molecule has 0 amide bonds. The molecule has 1 aliphatic rings. The van der Waals surface area contributed by atoms with E-state index in [0.717, 1.165) is 31.7 Å². The van der Waals surface area contributed by atoms with Crippen molar-refractivity contribution >= 4 is 22.2 Å². The zero-order chi connectivity index (χ0) is 14.1. The van der Waals surface area contributed by atoms with E-state index in [1.165, 1.54) is 22.0 Å². The molecule has 2 aromatic rings. The highest BCUT2D eigenvalue weighted by atomic mass is 16.5. The molecule has 0 saturated carbocycles. The number of nitrogens with one attached hydrogen (secondary N) is 1. The van der Waals surface area contributed by atoms with Crippen LogP contribution in [0.4, 0.5) is 5.69 Å². The Morgan fingerprint density at radius 3 is 2.85 bits per heavy atom. The minimum atomic E-state index is 0.733. The minimum absolute atomic E-state index is 0.733. The summed E-state index contributed by atoms with van der Waals surface area (Å²) in [5.74, 6) is 0. The normalized spacial score (nSPS) is 16.4. The molecule has 1 aromatic carbocycles. The number of anilines is 1. The maximum Gasteiger partial charge on any atom is 0.0609 e. The fourth-order valence-corrected chi connectivity index (χ4v) is 2.96. The highest BCUT2D eigenvalue weighted by molar-refractivity contribution is 5.95. The predicted octanol–water partition coefficient (Wildman–Crippen LogP) is 3.09. The number of hydrogen-bond acceptors (Lipinski definition) is 3. The first-order valence-electron chi connectivity index (χ1n) is 7.14. The van der Waals surface area contributed by atoms with Gasteiger partial charge in [-0.15, -0.1) is 0 Å². The molecule has 106 valence electrons. The average Bonchev–Trinajstić information content (AvgIpc) is 2.84. The van der Waals surface area contributed by atoms with Gasteiger partial charge in [-0.3, -0.25) is 15.6 Å². The molecule has 0 atom stereocenters. The molecule has 0 saturated heterocycles. The van der Waals surface area contributed by atoms with Crippen LogP contribution in [0.3, 0.4) is 0 Å². The van der Waals surface area contributed by atoms with Crippen LogP contribution in [0.2, 0.25) is 0 Å². The van der Waals surface area contributed by atoms with Crippen LogP contribution in [0, 0.1) is 0 Å². The molecular weight excluding hydrogens is 250 g/mol. The Morgan fingerprint density at radius 1 is 1.35 bits per heavy atom. The molecule has 20 heavy (non-hydrogen) atoms. The van der Waals surface area contributed by atoms with E-state index in [2.05, 4.69) is 41.2 Å². The maximum atomic E-state index is 9.09. The Bertz CT molecular complexity index is 657. The van der Waals surface area contributed by atoms with E-state index in [9.17, 15) is 0 Å². The average molecular weight is 271 g/mol. The first-order chi connectivity index (χ1) is 9.72. The van der Waals surface area contributed by atoms with Crippen molar-refractivity contribution in [2.75, 3.05) is 25.1 Å². The highest BCUT2D eigenvalue weighted by Gasteiger charge is 2.15. The summed E-state index contributed by atoms with van der Waals surface area (Å²) in [4.78, 5) is 2.44. The molecule has 0 aliphatic carbocycles. The van der Waals surface area contributed by atoms with Gasteiger partial charge in [0.15, 0.2) is 0 Å². The quantitative estimate of drug-likeness (QED) is 0.843. The minimum Gasteiger partial charge on any atom is -0.350 e. The molecule has 0 spiro atoms. The summed E-state index contributed by atoms with van der Waals surface area (Å²) in [5.41, 5.74) is 6.86. The molecule has 1 aromatic heterocycles. The number of rotatable bonds is 3. The monoisotopic (exact) mass is 271 g/mol. The Labute approximate surface area is 119 Å². The predicted molar refractivity (Wildman–Crippen MR) is 83.0 cm³/mol. The van der Waals surface area contributed by atoms with Crippen LogP contribution in [0.15, 0.2) is 30.5 Å². The molecule has 3 rings (SSSR count). The van der Waals surface area contributed by atoms with Crippen molar-refractivity contribution < 1.29 is 5.21 Å². The van der Waals surface area contributed by atoms with Gasteiger partial charge >= 0.3 is 0 Å². The highest BCUT2D eigenvalue weighted by Crippen LogP contribution is 2.32. The van der Waals surface area contributed by atoms with Gasteiger partial charge in [-0.1, -0.05) is 13.0 Å². The van der Waals surface area contributed by atoms with Crippen molar-refractivity contribution in [1.29, 1.82) is 0 Å². The number of aryl methyl sites for hydroxylation is 1. The van der Waals surface area contributed by atoms with E-state index in [0.29, 0.717) is 0 Å². The summed E-state index contributed by atoms with van der Waals surface area (Å²) in [7, 11) is 2.07. The lowest BCUT2D eigenvalue weighted by molar-refractivity contribution is 0.319. The summed E-state index contributed by atoms with van der Waals surface area (Å²) in [6, 6.07) is 5.94. The smallest absolute Gasteiger partial charge is 0.0609 e. The van der Waals surface area contributed by atoms with Crippen molar-refractivity contribution in [3.8, 4) is 0 Å². The number of nitrogens with zero attached hydrogens (tertiary/aromatic N) is 2. The number of fused-ring (bicyclic) bond motifs is 1. The van der Waals surface area contributed by atoms with Gasteiger partial charge in [0, 0.05) is 42.8 Å². The van der Waals surface area contributed by atoms with Gasteiger partial charge in [0.1, 0.15) is 0 Å². The third-order valence-electron chi connectivity index (χ3n) is 4.20. The van der Waals surface area contributed by atoms with Gasteiger partial charge in [0.2, 0.25) is 0 Å². The van der Waals surface area contributed by atoms with Gasteiger partial charge in [-0.25, -0.2) is 0 Å². The lowest BCUT2D eigenvalue weighted by Gasteiger charge is -2.24. The van der Waals surface area contributed by atoms with E-state index < -0.39 is 0 Å². The summed E-state index contributed by atoms with van der Waals surface area (Å²) < 4.78 is 2.15. The standard InChI is InChI=1S/C16H21N3O/c1-3-19-8-6-12(7-9-19)15-11-18(2)16-5-4-13(17-20)10-14(15)16/h4-6,10-11,17,20H,3,7-9H2,1-2H3. The summed E-state index contributed by atoms with van der Waals surface area (Å²) in [5, 5.41) is 10.3. The fraction of sp³-hybridized carbons (Fsp3) is 0.375. The van der Waals surface area contributed by atoms with E-state index >= 15 is 0 Å². The van der Waals surface area contributed by atoms with E-state index in [1.54, 1.807) is 0 Å². The van der Waals surface area contributed by atoms with Crippen molar-refractivity contribution in [1.82, 2.24) is 9.47 Å². The third kappa shape index (κ3) is 2.21. The van der Waals surface area contributed by atoms with Crippen LogP contribution in [0.1, 0.15) is 18.9 Å². The van der Waals surface area contributed by atoms with Crippen molar-refractivity contribution in [3.05, 3.63) is 36.0 Å². The fourth-order valence-electron chi connectivity index (χ4n) is 2.96. The number of benzene rings is 1. The molecule has 0 fully saturated rings. The molecule has 2 N–H and O–H groups in total. The van der Waals surface area contributed by atoms with Crippen LogP contribution in [-0.4, -0.2) is 34.3 Å². The maximum absolute atomic E-state index is 9.09. The molecular formula is C16H21N3O. The van der Waals surface area contributed by atoms with Gasteiger partial charge in [0.25, 0.3) is 0 Å². The molecule has 1 aliphatic heterocycles. The molecule has 4 heteroatoms. The Kier molecular flexibility index (Phi) is 3.51. The van der Waals surface area contributed by atoms with Gasteiger partial charge in [-0.2, -0.15) is 0 Å². The van der Waals surface area contributed by atoms with Gasteiger partial charge in [-0.05, 0) is 36.7 Å². The van der Waals surface area contributed by atoms with Gasteiger partial charge in [0.05, 0.1) is 5.69 Å². The van der Waals surface area contributed by atoms with E-state index in [1.807, 2.05) is 18.2 Å². The number of aromatic nitrogens is 1. The zero-order valence-corrected chi connectivity index (χ0v) is 12.1. The van der Waals surface area contributed by atoms with Crippen molar-refractivity contribution in [2.45, 2.75) is 13.3 Å². The van der Waals surface area contributed by atoms with Gasteiger partial charge < -0.3 is 4.57 Å². The van der Waals surface area contributed by atoms with Crippen molar-refractivity contribution in [2.24, 2.45) is 7.05 Å². The number of hydrogen-bond donors (Lipinski definition) is 2. The SMILES string of the molecule is CCN1CC=C(c2cn(C)c3ccc(NO)cc23)CC1. The summed E-state index contributed by atoms with van der Waals surface area (Å²) in [6.45, 7) is 5.46. The van der Waals surface area contributed by atoms with E-state index in [4.69, 9.17) is 5.21 Å². The summed E-state index contributed by atoms with van der Waals surface area (Å²) >= 11 is 0. The zero-order valence-electron chi connectivity index (χ0n) is 12.1. The second kappa shape index (κ2) is 5.31. The molecule has 4 nitrogen and oxygen atoms in total. The molecule has 0 radical (unpaired) electrons. The van der Waals surface area contributed by atoms with Crippen LogP contribution in [-0.2, 0) is 7.05 Å². The van der Waals surface area contributed by atoms with Crippen LogP contribution < -0.4 is 5.48 Å². The van der Waals surface area contributed by atoms with Crippen molar-refractivity contribution in [3.63, 3.8) is 0 Å². The first-order valence-corrected chi connectivity index (χ1v) is 7.14. The number of likely N-dealkylation sites (N-methyl/N-ethyl adjacent to an activating group) is 1. The Balaban J connectivity index is 2.05. The van der Waals surface area contributed by atoms with E-state index in [-0.39, 0.29) is 0 Å². The Morgan fingerprint density at radius 2 is 2.20 bits per heavy atom. The van der Waals surface area contributed by atoms with Crippen LogP contribution >= 0.6 is 0 Å². The lowest BCUT2D eigenvalue weighted by Crippen LogP contribution is -2.27. The third-order valence-corrected chi connectivity index (χ3v) is 4.20. The second-order valence-corrected chi connectivity index (χ2v) is 5.37. The lowest BCUT2D eigenvalue weighted by atomic mass is 9.99. The van der Waals surface area contributed by atoms with Crippen LogP contribution in [0.5, 0.6) is 0 Å². The summed E-state index contributed by atoms with van der Waals surface area (Å²) in [6.07, 6.45) is 5.61. The first kappa shape index (κ1) is 13.2. The largest absolute Gasteiger partial charge is 0.350 e. The topological polar surface area (TPSA) is 40.4 Å². The molecule has 0 bridgehead atoms. The molecule has 2 heterocycles. The van der Waals surface area contributed by atoms with Crippen LogP contribution in [0.25, 0.3) is 16.5 Å². The Hall–Kier alpha value is -1.78. The second-order valence-electron chi connectivity index (χ2n) is 5.37.